The lowest BCUT2D eigenvalue weighted by molar-refractivity contribution is 0.107. The molecule has 3 aromatic carbocycles. The number of ether oxygens (including phenoxy) is 1. The Morgan fingerprint density at radius 2 is 1.88 bits per heavy atom. The molecule has 3 fully saturated rings. The fourth-order valence-electron chi connectivity index (χ4n) is 8.74. The average Bonchev–Trinajstić information content (AvgIpc) is 3.63. The van der Waals surface area contributed by atoms with Gasteiger partial charge in [-0.15, -0.1) is 0 Å². The summed E-state index contributed by atoms with van der Waals surface area (Å²) in [5.41, 5.74) is 2.10. The van der Waals surface area contributed by atoms with Crippen LogP contribution in [0.15, 0.2) is 60.8 Å². The minimum Gasteiger partial charge on any atom is -0.508 e. The van der Waals surface area contributed by atoms with E-state index in [0.717, 1.165) is 58.3 Å². The highest BCUT2D eigenvalue weighted by atomic mass is 19.1. The van der Waals surface area contributed by atoms with Gasteiger partial charge in [0.25, 0.3) is 0 Å². The van der Waals surface area contributed by atoms with Crippen LogP contribution in [-0.4, -0.2) is 63.3 Å². The van der Waals surface area contributed by atoms with Gasteiger partial charge in [-0.25, -0.2) is 8.78 Å². The molecule has 0 spiro atoms. The minimum atomic E-state index is -0.647. The van der Waals surface area contributed by atoms with Gasteiger partial charge >= 0.3 is 6.01 Å². The van der Waals surface area contributed by atoms with Crippen molar-refractivity contribution < 1.29 is 18.6 Å². The first kappa shape index (κ1) is 30.9. The number of phenolic OH excluding ortho intramolecular Hbond substituents is 1. The molecule has 3 saturated heterocycles. The lowest BCUT2D eigenvalue weighted by Gasteiger charge is -2.35. The quantitative estimate of drug-likeness (QED) is 0.191. The molecule has 3 aliphatic rings. The second kappa shape index (κ2) is 12.3. The van der Waals surface area contributed by atoms with Gasteiger partial charge in [-0.2, -0.15) is 9.97 Å². The molecule has 248 valence electrons. The molecule has 1 unspecified atom stereocenters. The number of aromatic hydroxyl groups is 1. The van der Waals surface area contributed by atoms with Crippen molar-refractivity contribution in [3.05, 3.63) is 83.6 Å². The Bertz CT molecular complexity index is 2010. The van der Waals surface area contributed by atoms with Crippen LogP contribution in [-0.2, 0) is 6.42 Å². The topological polar surface area (TPSA) is 74.6 Å². The van der Waals surface area contributed by atoms with Crippen molar-refractivity contribution in [3.8, 4) is 23.0 Å². The van der Waals surface area contributed by atoms with Gasteiger partial charge in [0.2, 0.25) is 0 Å². The molecule has 5 aromatic rings. The predicted octanol–water partition coefficient (Wildman–Crippen LogP) is 8.03. The van der Waals surface area contributed by atoms with Gasteiger partial charge < -0.3 is 14.7 Å². The normalized spacial score (nSPS) is 22.9. The Morgan fingerprint density at radius 1 is 1.02 bits per heavy atom. The molecule has 0 aliphatic carbocycles. The maximum Gasteiger partial charge on any atom is 0.319 e. The molecule has 0 bridgehead atoms. The van der Waals surface area contributed by atoms with Gasteiger partial charge in [0.15, 0.2) is 5.82 Å². The lowest BCUT2D eigenvalue weighted by atomic mass is 9.90. The summed E-state index contributed by atoms with van der Waals surface area (Å²) in [6.45, 7) is 8.21. The fraction of sp³-hybridized carbons (Fsp3) is 0.410. The van der Waals surface area contributed by atoms with E-state index in [2.05, 4.69) is 46.0 Å². The molecule has 3 aliphatic heterocycles. The third-order valence-corrected chi connectivity index (χ3v) is 10.9. The zero-order chi connectivity index (χ0) is 33.0. The molecule has 9 heteroatoms. The smallest absolute Gasteiger partial charge is 0.319 e. The van der Waals surface area contributed by atoms with Gasteiger partial charge in [-0.3, -0.25) is 9.88 Å². The van der Waals surface area contributed by atoms with E-state index >= 15 is 8.78 Å². The standard InChI is InChI=1S/C39H41F2N5O2/c1-3-29-32(40)13-12-26-17-28(47)18-30(33(26)29)35-34(41)36-31(20-42-35)37(45-15-7-11-27(22-45)25-9-5-4-6-10-25)44-38(43-36)48-23-39-14-8-16-46(39)21-24(2)19-39/h4-6,9-10,12-13,17-18,20,24,27,47H,3,7-8,11,14-16,19,21-23H2,1-2H3/t24-,27?,39+/m1/s1. The van der Waals surface area contributed by atoms with Gasteiger partial charge in [-0.05, 0) is 91.1 Å². The highest BCUT2D eigenvalue weighted by Gasteiger charge is 2.47. The van der Waals surface area contributed by atoms with Crippen LogP contribution in [0.2, 0.25) is 0 Å². The van der Waals surface area contributed by atoms with E-state index in [9.17, 15) is 5.11 Å². The number of halogens is 2. The lowest BCUT2D eigenvalue weighted by Crippen LogP contribution is -2.43. The SMILES string of the molecule is CCc1c(F)ccc2cc(O)cc(-c3ncc4c(N5CCCC(c6ccccc6)C5)nc(OC[C@@]56CCCN5C[C@H](C)C6)nc4c3F)c12. The third-order valence-electron chi connectivity index (χ3n) is 10.9. The number of aryl methyl sites for hydroxylation is 1. The van der Waals surface area contributed by atoms with Crippen LogP contribution in [0, 0.1) is 17.6 Å². The molecule has 5 heterocycles. The van der Waals surface area contributed by atoms with Gasteiger partial charge in [-0.1, -0.05) is 50.2 Å². The van der Waals surface area contributed by atoms with Crippen molar-refractivity contribution in [2.24, 2.45) is 5.92 Å². The van der Waals surface area contributed by atoms with Gasteiger partial charge in [0.1, 0.15) is 35.2 Å². The molecule has 0 amide bonds. The molecule has 48 heavy (non-hydrogen) atoms. The van der Waals surface area contributed by atoms with E-state index in [1.165, 1.54) is 17.7 Å². The number of hydrogen-bond donors (Lipinski definition) is 1. The summed E-state index contributed by atoms with van der Waals surface area (Å²) < 4.78 is 38.5. The number of benzene rings is 3. The summed E-state index contributed by atoms with van der Waals surface area (Å²) in [6, 6.07) is 16.7. The summed E-state index contributed by atoms with van der Waals surface area (Å²) in [4.78, 5) is 19.1. The molecule has 7 nitrogen and oxygen atoms in total. The summed E-state index contributed by atoms with van der Waals surface area (Å²) in [6.07, 6.45) is 7.29. The monoisotopic (exact) mass is 649 g/mol. The molecular formula is C39H41F2N5O2. The Hall–Kier alpha value is -4.37. The van der Waals surface area contributed by atoms with Crippen LogP contribution < -0.4 is 9.64 Å². The average molecular weight is 650 g/mol. The zero-order valence-electron chi connectivity index (χ0n) is 27.6. The van der Waals surface area contributed by atoms with E-state index < -0.39 is 5.82 Å². The van der Waals surface area contributed by atoms with Crippen LogP contribution in [0.4, 0.5) is 14.6 Å². The summed E-state index contributed by atoms with van der Waals surface area (Å²) in [7, 11) is 0. The number of aromatic nitrogens is 3. The van der Waals surface area contributed by atoms with Crippen molar-refractivity contribution in [1.29, 1.82) is 0 Å². The fourth-order valence-corrected chi connectivity index (χ4v) is 8.74. The molecule has 8 rings (SSSR count). The van der Waals surface area contributed by atoms with E-state index in [4.69, 9.17) is 14.7 Å². The van der Waals surface area contributed by atoms with E-state index in [-0.39, 0.29) is 34.3 Å². The van der Waals surface area contributed by atoms with Crippen LogP contribution >= 0.6 is 0 Å². The Morgan fingerprint density at radius 3 is 2.71 bits per heavy atom. The first-order valence-electron chi connectivity index (χ1n) is 17.3. The summed E-state index contributed by atoms with van der Waals surface area (Å²) >= 11 is 0. The molecular weight excluding hydrogens is 608 g/mol. The molecule has 0 saturated carbocycles. The van der Waals surface area contributed by atoms with Crippen LogP contribution in [0.25, 0.3) is 32.9 Å². The number of pyridine rings is 1. The van der Waals surface area contributed by atoms with E-state index in [0.29, 0.717) is 58.0 Å². The number of anilines is 1. The molecule has 2 aromatic heterocycles. The Balaban J connectivity index is 1.26. The number of nitrogens with zero attached hydrogens (tertiary/aromatic N) is 5. The van der Waals surface area contributed by atoms with Gasteiger partial charge in [0, 0.05) is 37.3 Å². The van der Waals surface area contributed by atoms with E-state index in [1.54, 1.807) is 18.3 Å². The highest BCUT2D eigenvalue weighted by molar-refractivity contribution is 6.01. The second-order valence-electron chi connectivity index (χ2n) is 14.1. The van der Waals surface area contributed by atoms with Gasteiger partial charge in [0.05, 0.1) is 10.9 Å². The number of fused-ring (bicyclic) bond motifs is 3. The summed E-state index contributed by atoms with van der Waals surface area (Å²) in [5, 5.41) is 12.3. The number of rotatable bonds is 7. The zero-order valence-corrected chi connectivity index (χ0v) is 27.6. The van der Waals surface area contributed by atoms with Crippen LogP contribution in [0.5, 0.6) is 11.8 Å². The third kappa shape index (κ3) is 5.32. The first-order chi connectivity index (χ1) is 23.3. The highest BCUT2D eigenvalue weighted by Crippen LogP contribution is 2.43. The van der Waals surface area contributed by atoms with Crippen molar-refractivity contribution in [3.63, 3.8) is 0 Å². The molecule has 1 N–H and O–H groups in total. The first-order valence-corrected chi connectivity index (χ1v) is 17.3. The van der Waals surface area contributed by atoms with Crippen LogP contribution in [0.1, 0.15) is 63.0 Å². The number of phenols is 1. The van der Waals surface area contributed by atoms with E-state index in [1.807, 2.05) is 13.0 Å². The predicted molar refractivity (Wildman–Crippen MR) is 185 cm³/mol. The molecule has 3 atom stereocenters. The Kier molecular flexibility index (Phi) is 7.90. The Labute approximate surface area is 279 Å². The van der Waals surface area contributed by atoms with Crippen LogP contribution in [0.3, 0.4) is 0 Å². The minimum absolute atomic E-state index is 0.00489. The van der Waals surface area contributed by atoms with Crippen molar-refractivity contribution in [2.75, 3.05) is 37.7 Å². The maximum absolute atomic E-state index is 17.0. The van der Waals surface area contributed by atoms with Crippen molar-refractivity contribution in [2.45, 2.75) is 63.8 Å². The van der Waals surface area contributed by atoms with Crippen molar-refractivity contribution in [1.82, 2.24) is 19.9 Å². The number of hydrogen-bond acceptors (Lipinski definition) is 7. The number of piperidine rings is 1. The second-order valence-corrected chi connectivity index (χ2v) is 14.1. The summed E-state index contributed by atoms with van der Waals surface area (Å²) in [5.74, 6) is 0.426. The maximum atomic E-state index is 17.0. The molecule has 0 radical (unpaired) electrons. The van der Waals surface area contributed by atoms with Crippen molar-refractivity contribution >= 4 is 27.5 Å². The largest absolute Gasteiger partial charge is 0.508 e.